The number of carbonyl (C=O) groups excluding carboxylic acids is 1. The Hall–Kier alpha value is -3.60. The molecule has 29 heavy (non-hydrogen) atoms. The van der Waals surface area contributed by atoms with E-state index in [4.69, 9.17) is 9.47 Å². The van der Waals surface area contributed by atoms with Crippen molar-refractivity contribution in [3.63, 3.8) is 0 Å². The molecule has 0 aliphatic carbocycles. The van der Waals surface area contributed by atoms with Gasteiger partial charge in [0.05, 0.1) is 6.21 Å². The fourth-order valence-electron chi connectivity index (χ4n) is 2.57. The van der Waals surface area contributed by atoms with Gasteiger partial charge in [-0.1, -0.05) is 49.4 Å². The molecule has 0 saturated carbocycles. The molecule has 0 saturated heterocycles. The van der Waals surface area contributed by atoms with Crippen molar-refractivity contribution in [2.24, 2.45) is 5.10 Å². The number of hydrogen-bond acceptors (Lipinski definition) is 4. The van der Waals surface area contributed by atoms with E-state index in [0.717, 1.165) is 23.3 Å². The van der Waals surface area contributed by atoms with Gasteiger partial charge in [0, 0.05) is 0 Å². The monoisotopic (exact) mass is 388 g/mol. The van der Waals surface area contributed by atoms with Gasteiger partial charge in [-0.3, -0.25) is 4.79 Å². The lowest BCUT2D eigenvalue weighted by atomic mass is 10.2. The van der Waals surface area contributed by atoms with Crippen LogP contribution in [0, 0.1) is 0 Å². The van der Waals surface area contributed by atoms with Crippen molar-refractivity contribution in [1.82, 2.24) is 5.43 Å². The minimum absolute atomic E-state index is 0.0882. The second-order valence-electron chi connectivity index (χ2n) is 6.42. The molecule has 0 heterocycles. The van der Waals surface area contributed by atoms with E-state index in [1.54, 1.807) is 6.21 Å². The van der Waals surface area contributed by atoms with Crippen molar-refractivity contribution in [3.05, 3.63) is 95.6 Å². The summed E-state index contributed by atoms with van der Waals surface area (Å²) in [7, 11) is 0. The first-order valence-electron chi connectivity index (χ1n) is 9.53. The van der Waals surface area contributed by atoms with Crippen molar-refractivity contribution < 1.29 is 14.3 Å². The summed E-state index contributed by atoms with van der Waals surface area (Å²) in [5.41, 5.74) is 5.65. The van der Waals surface area contributed by atoms with Crippen LogP contribution in [0.4, 0.5) is 0 Å². The SMILES string of the molecule is CCc1ccc(OCC(=O)N/N=C/c2ccc(OCc3ccccc3)cc2)cc1. The molecule has 0 atom stereocenters. The maximum atomic E-state index is 11.8. The summed E-state index contributed by atoms with van der Waals surface area (Å²) in [5, 5.41) is 3.96. The molecule has 1 amide bonds. The summed E-state index contributed by atoms with van der Waals surface area (Å²) in [4.78, 5) is 11.8. The number of nitrogens with one attached hydrogen (secondary N) is 1. The summed E-state index contributed by atoms with van der Waals surface area (Å²) in [6.45, 7) is 2.52. The molecule has 1 N–H and O–H groups in total. The molecule has 0 radical (unpaired) electrons. The van der Waals surface area contributed by atoms with E-state index >= 15 is 0 Å². The van der Waals surface area contributed by atoms with Gasteiger partial charge in [-0.15, -0.1) is 0 Å². The standard InChI is InChI=1S/C24H24N2O3/c1-2-19-8-12-23(13-9-19)29-18-24(27)26-25-16-20-10-14-22(15-11-20)28-17-21-6-4-3-5-7-21/h3-16H,2,17-18H2,1H3,(H,26,27)/b25-16+. The smallest absolute Gasteiger partial charge is 0.277 e. The van der Waals surface area contributed by atoms with Gasteiger partial charge in [0.15, 0.2) is 6.61 Å². The molecule has 0 unspecified atom stereocenters. The van der Waals surface area contributed by atoms with Crippen LogP contribution in [0.5, 0.6) is 11.5 Å². The first-order valence-corrected chi connectivity index (χ1v) is 9.53. The molecule has 0 aromatic heterocycles. The van der Waals surface area contributed by atoms with Gasteiger partial charge in [0.2, 0.25) is 0 Å². The zero-order valence-electron chi connectivity index (χ0n) is 16.4. The predicted octanol–water partition coefficient (Wildman–Crippen LogP) is 4.36. The molecule has 0 aliphatic heterocycles. The highest BCUT2D eigenvalue weighted by molar-refractivity contribution is 5.83. The average Bonchev–Trinajstić information content (AvgIpc) is 2.78. The third-order valence-corrected chi connectivity index (χ3v) is 4.23. The van der Waals surface area contributed by atoms with Crippen LogP contribution in [-0.2, 0) is 17.8 Å². The van der Waals surface area contributed by atoms with Gasteiger partial charge in [-0.25, -0.2) is 5.43 Å². The van der Waals surface area contributed by atoms with Crippen LogP contribution in [0.2, 0.25) is 0 Å². The Morgan fingerprint density at radius 2 is 1.52 bits per heavy atom. The predicted molar refractivity (Wildman–Crippen MR) is 114 cm³/mol. The van der Waals surface area contributed by atoms with Gasteiger partial charge in [-0.05, 0) is 59.5 Å². The maximum Gasteiger partial charge on any atom is 0.277 e. The van der Waals surface area contributed by atoms with Gasteiger partial charge in [0.25, 0.3) is 5.91 Å². The number of nitrogens with zero attached hydrogens (tertiary/aromatic N) is 1. The number of amides is 1. The van der Waals surface area contributed by atoms with Crippen molar-refractivity contribution in [1.29, 1.82) is 0 Å². The largest absolute Gasteiger partial charge is 0.489 e. The van der Waals surface area contributed by atoms with Crippen LogP contribution < -0.4 is 14.9 Å². The van der Waals surface area contributed by atoms with E-state index in [1.807, 2.05) is 78.9 Å². The number of aryl methyl sites for hydroxylation is 1. The first-order chi connectivity index (χ1) is 14.2. The Labute approximate surface area is 171 Å². The van der Waals surface area contributed by atoms with E-state index in [0.29, 0.717) is 12.4 Å². The number of hydrogen-bond donors (Lipinski definition) is 1. The zero-order chi connectivity index (χ0) is 20.3. The second kappa shape index (κ2) is 10.7. The second-order valence-corrected chi connectivity index (χ2v) is 6.42. The fraction of sp³-hybridized carbons (Fsp3) is 0.167. The molecular formula is C24H24N2O3. The summed E-state index contributed by atoms with van der Waals surface area (Å²) in [6.07, 6.45) is 2.55. The number of rotatable bonds is 9. The lowest BCUT2D eigenvalue weighted by Gasteiger charge is -2.06. The van der Waals surface area contributed by atoms with Crippen molar-refractivity contribution in [3.8, 4) is 11.5 Å². The molecule has 148 valence electrons. The van der Waals surface area contributed by atoms with E-state index in [9.17, 15) is 4.79 Å². The van der Waals surface area contributed by atoms with Gasteiger partial charge in [-0.2, -0.15) is 5.10 Å². The highest BCUT2D eigenvalue weighted by atomic mass is 16.5. The lowest BCUT2D eigenvalue weighted by molar-refractivity contribution is -0.123. The van der Waals surface area contributed by atoms with E-state index in [2.05, 4.69) is 17.5 Å². The molecule has 0 aliphatic rings. The van der Waals surface area contributed by atoms with Crippen LogP contribution >= 0.6 is 0 Å². The summed E-state index contributed by atoms with van der Waals surface area (Å²) in [5.74, 6) is 1.12. The first kappa shape index (κ1) is 20.1. The number of benzene rings is 3. The topological polar surface area (TPSA) is 59.9 Å². The Bertz CT molecular complexity index is 921. The molecular weight excluding hydrogens is 364 g/mol. The van der Waals surface area contributed by atoms with Crippen LogP contribution in [0.25, 0.3) is 0 Å². The Balaban J connectivity index is 1.40. The van der Waals surface area contributed by atoms with E-state index < -0.39 is 0 Å². The average molecular weight is 388 g/mol. The van der Waals surface area contributed by atoms with Crippen LogP contribution in [0.1, 0.15) is 23.6 Å². The molecule has 3 aromatic carbocycles. The van der Waals surface area contributed by atoms with Gasteiger partial charge >= 0.3 is 0 Å². The highest BCUT2D eigenvalue weighted by Gasteiger charge is 2.01. The fourth-order valence-corrected chi connectivity index (χ4v) is 2.57. The zero-order valence-corrected chi connectivity index (χ0v) is 16.4. The third-order valence-electron chi connectivity index (χ3n) is 4.23. The minimum Gasteiger partial charge on any atom is -0.489 e. The molecule has 5 nitrogen and oxygen atoms in total. The van der Waals surface area contributed by atoms with Gasteiger partial charge in [0.1, 0.15) is 18.1 Å². The summed E-state index contributed by atoms with van der Waals surface area (Å²) in [6, 6.07) is 25.2. The number of carbonyl (C=O) groups is 1. The Kier molecular flexibility index (Phi) is 7.41. The number of hydrazone groups is 1. The highest BCUT2D eigenvalue weighted by Crippen LogP contribution is 2.14. The number of ether oxygens (including phenoxy) is 2. The van der Waals surface area contributed by atoms with Crippen molar-refractivity contribution in [2.75, 3.05) is 6.61 Å². The third kappa shape index (κ3) is 6.81. The van der Waals surface area contributed by atoms with Crippen LogP contribution in [-0.4, -0.2) is 18.7 Å². The summed E-state index contributed by atoms with van der Waals surface area (Å²) < 4.78 is 11.2. The Morgan fingerprint density at radius 1 is 0.862 bits per heavy atom. The minimum atomic E-state index is -0.316. The van der Waals surface area contributed by atoms with Crippen molar-refractivity contribution in [2.45, 2.75) is 20.0 Å². The van der Waals surface area contributed by atoms with Gasteiger partial charge < -0.3 is 9.47 Å². The molecule has 3 rings (SSSR count). The molecule has 0 fully saturated rings. The van der Waals surface area contributed by atoms with Crippen molar-refractivity contribution >= 4 is 12.1 Å². The van der Waals surface area contributed by atoms with Crippen LogP contribution in [0.3, 0.4) is 0 Å². The molecule has 0 bridgehead atoms. The normalized spacial score (nSPS) is 10.7. The van der Waals surface area contributed by atoms with E-state index in [1.165, 1.54) is 5.56 Å². The maximum absolute atomic E-state index is 11.8. The molecule has 0 spiro atoms. The molecule has 5 heteroatoms. The molecule has 3 aromatic rings. The van der Waals surface area contributed by atoms with Crippen LogP contribution in [0.15, 0.2) is 84.0 Å². The summed E-state index contributed by atoms with van der Waals surface area (Å²) >= 11 is 0. The quantitative estimate of drug-likeness (QED) is 0.438. The Morgan fingerprint density at radius 3 is 2.21 bits per heavy atom. The van der Waals surface area contributed by atoms with E-state index in [-0.39, 0.29) is 12.5 Å². The lowest BCUT2D eigenvalue weighted by Crippen LogP contribution is -2.24.